The average Bonchev–Trinajstić information content (AvgIpc) is 2.77. The quantitative estimate of drug-likeness (QED) is 0.554. The van der Waals surface area contributed by atoms with Crippen molar-refractivity contribution >= 4 is 27.5 Å². The SMILES string of the molecule is CC[C@H](C)NC(=O)[C@H](C)N(Cc1ccc(C)cc1)C(=O)CN(c1cccc(C)c1C)S(C)(=O)=O. The molecule has 0 saturated heterocycles. The second-order valence-corrected chi connectivity index (χ2v) is 10.9. The van der Waals surface area contributed by atoms with Gasteiger partial charge in [-0.15, -0.1) is 0 Å². The highest BCUT2D eigenvalue weighted by Gasteiger charge is 2.31. The summed E-state index contributed by atoms with van der Waals surface area (Å²) in [5.41, 5.74) is 4.12. The van der Waals surface area contributed by atoms with Crippen molar-refractivity contribution < 1.29 is 18.0 Å². The van der Waals surface area contributed by atoms with Crippen molar-refractivity contribution in [2.45, 2.75) is 66.6 Å². The molecule has 7 nitrogen and oxygen atoms in total. The Morgan fingerprint density at radius 3 is 2.18 bits per heavy atom. The molecule has 0 heterocycles. The van der Waals surface area contributed by atoms with Crippen LogP contribution in [0.2, 0.25) is 0 Å². The van der Waals surface area contributed by atoms with Crippen LogP contribution in [0.5, 0.6) is 0 Å². The zero-order chi connectivity index (χ0) is 25.6. The topological polar surface area (TPSA) is 86.8 Å². The van der Waals surface area contributed by atoms with E-state index in [1.54, 1.807) is 19.1 Å². The van der Waals surface area contributed by atoms with Gasteiger partial charge in [-0.1, -0.05) is 48.9 Å². The Kier molecular flexibility index (Phi) is 9.27. The number of amides is 2. The molecule has 34 heavy (non-hydrogen) atoms. The Labute approximate surface area is 204 Å². The zero-order valence-corrected chi connectivity index (χ0v) is 22.1. The molecule has 0 fully saturated rings. The fourth-order valence-corrected chi connectivity index (χ4v) is 4.44. The predicted molar refractivity (Wildman–Crippen MR) is 137 cm³/mol. The summed E-state index contributed by atoms with van der Waals surface area (Å²) in [4.78, 5) is 27.9. The maximum atomic E-state index is 13.6. The molecule has 0 bridgehead atoms. The second kappa shape index (κ2) is 11.5. The lowest BCUT2D eigenvalue weighted by atomic mass is 10.1. The monoisotopic (exact) mass is 487 g/mol. The molecular weight excluding hydrogens is 450 g/mol. The van der Waals surface area contributed by atoms with E-state index in [9.17, 15) is 18.0 Å². The summed E-state index contributed by atoms with van der Waals surface area (Å²) < 4.78 is 26.6. The normalized spacial score (nSPS) is 13.1. The molecule has 0 spiro atoms. The van der Waals surface area contributed by atoms with E-state index in [-0.39, 0.29) is 18.5 Å². The lowest BCUT2D eigenvalue weighted by Crippen LogP contribution is -2.52. The van der Waals surface area contributed by atoms with E-state index in [1.807, 2.05) is 65.0 Å². The van der Waals surface area contributed by atoms with Crippen LogP contribution in [0, 0.1) is 20.8 Å². The molecule has 8 heteroatoms. The number of rotatable bonds is 10. The van der Waals surface area contributed by atoms with Gasteiger partial charge < -0.3 is 10.2 Å². The number of carbonyl (C=O) groups excluding carboxylic acids is 2. The van der Waals surface area contributed by atoms with Crippen molar-refractivity contribution in [1.29, 1.82) is 0 Å². The smallest absolute Gasteiger partial charge is 0.244 e. The fourth-order valence-electron chi connectivity index (χ4n) is 3.54. The predicted octanol–water partition coefficient (Wildman–Crippen LogP) is 3.71. The summed E-state index contributed by atoms with van der Waals surface area (Å²) in [6, 6.07) is 12.3. The molecule has 1 N–H and O–H groups in total. The van der Waals surface area contributed by atoms with Crippen LogP contribution in [0.25, 0.3) is 0 Å². The third kappa shape index (κ3) is 7.06. The summed E-state index contributed by atoms with van der Waals surface area (Å²) >= 11 is 0. The van der Waals surface area contributed by atoms with Crippen molar-refractivity contribution in [3.63, 3.8) is 0 Å². The lowest BCUT2D eigenvalue weighted by Gasteiger charge is -2.32. The van der Waals surface area contributed by atoms with Crippen molar-refractivity contribution in [2.24, 2.45) is 0 Å². The highest BCUT2D eigenvalue weighted by Crippen LogP contribution is 2.25. The van der Waals surface area contributed by atoms with E-state index in [0.717, 1.165) is 39.2 Å². The number of anilines is 1. The van der Waals surface area contributed by atoms with Gasteiger partial charge in [0.15, 0.2) is 0 Å². The Morgan fingerprint density at radius 2 is 1.62 bits per heavy atom. The van der Waals surface area contributed by atoms with Gasteiger partial charge in [0.1, 0.15) is 12.6 Å². The zero-order valence-electron chi connectivity index (χ0n) is 21.3. The standard InChI is InChI=1S/C26H37N3O4S/c1-8-20(4)27-26(31)22(6)28(16-23-14-12-18(2)13-15-23)25(30)17-29(34(7,32)33)24-11-9-10-19(3)21(24)5/h9-15,20,22H,8,16-17H2,1-7H3,(H,27,31)/t20-,22-/m0/s1. The van der Waals surface area contributed by atoms with Gasteiger partial charge in [0, 0.05) is 12.6 Å². The molecule has 0 aliphatic carbocycles. The van der Waals surface area contributed by atoms with Gasteiger partial charge >= 0.3 is 0 Å². The van der Waals surface area contributed by atoms with E-state index in [1.165, 1.54) is 4.90 Å². The number of sulfonamides is 1. The first-order chi connectivity index (χ1) is 15.8. The molecule has 0 aliphatic rings. The van der Waals surface area contributed by atoms with Crippen molar-refractivity contribution in [2.75, 3.05) is 17.1 Å². The minimum atomic E-state index is -3.75. The number of hydrogen-bond acceptors (Lipinski definition) is 4. The molecule has 2 atom stereocenters. The number of benzene rings is 2. The van der Waals surface area contributed by atoms with Crippen LogP contribution >= 0.6 is 0 Å². The summed E-state index contributed by atoms with van der Waals surface area (Å²) in [7, 11) is -3.75. The van der Waals surface area contributed by atoms with Gasteiger partial charge in [-0.3, -0.25) is 13.9 Å². The van der Waals surface area contributed by atoms with Gasteiger partial charge in [-0.2, -0.15) is 0 Å². The van der Waals surface area contributed by atoms with Gasteiger partial charge in [0.05, 0.1) is 11.9 Å². The third-order valence-corrected chi connectivity index (χ3v) is 7.29. The molecular formula is C26H37N3O4S. The number of carbonyl (C=O) groups is 2. The van der Waals surface area contributed by atoms with Crippen LogP contribution in [0.3, 0.4) is 0 Å². The first-order valence-electron chi connectivity index (χ1n) is 11.5. The molecule has 186 valence electrons. The minimum Gasteiger partial charge on any atom is -0.352 e. The fraction of sp³-hybridized carbons (Fsp3) is 0.462. The maximum absolute atomic E-state index is 13.6. The number of aryl methyl sites for hydroxylation is 2. The van der Waals surface area contributed by atoms with Crippen LogP contribution < -0.4 is 9.62 Å². The van der Waals surface area contributed by atoms with Gasteiger partial charge in [-0.05, 0) is 63.8 Å². The number of nitrogens with zero attached hydrogens (tertiary/aromatic N) is 2. The Balaban J connectivity index is 2.42. The molecule has 2 aromatic carbocycles. The van der Waals surface area contributed by atoms with Crippen LogP contribution in [-0.4, -0.2) is 50.0 Å². The van der Waals surface area contributed by atoms with Gasteiger partial charge in [0.2, 0.25) is 21.8 Å². The van der Waals surface area contributed by atoms with E-state index in [4.69, 9.17) is 0 Å². The molecule has 2 amide bonds. The Morgan fingerprint density at radius 1 is 1.00 bits per heavy atom. The van der Waals surface area contributed by atoms with Gasteiger partial charge in [0.25, 0.3) is 0 Å². The Hall–Kier alpha value is -2.87. The molecule has 0 unspecified atom stereocenters. The largest absolute Gasteiger partial charge is 0.352 e. The molecule has 2 aromatic rings. The molecule has 0 saturated carbocycles. The first kappa shape index (κ1) is 27.4. The molecule has 0 radical (unpaired) electrons. The van der Waals surface area contributed by atoms with Crippen molar-refractivity contribution in [3.8, 4) is 0 Å². The van der Waals surface area contributed by atoms with Gasteiger partial charge in [-0.25, -0.2) is 8.42 Å². The highest BCUT2D eigenvalue weighted by molar-refractivity contribution is 7.92. The number of hydrogen-bond donors (Lipinski definition) is 1. The maximum Gasteiger partial charge on any atom is 0.244 e. The summed E-state index contributed by atoms with van der Waals surface area (Å²) in [5.74, 6) is -0.717. The summed E-state index contributed by atoms with van der Waals surface area (Å²) in [6.45, 7) is 11.1. The van der Waals surface area contributed by atoms with Crippen molar-refractivity contribution in [1.82, 2.24) is 10.2 Å². The van der Waals surface area contributed by atoms with Crippen molar-refractivity contribution in [3.05, 3.63) is 64.7 Å². The van der Waals surface area contributed by atoms with Crippen LogP contribution in [0.4, 0.5) is 5.69 Å². The number of nitrogens with one attached hydrogen (secondary N) is 1. The van der Waals surface area contributed by atoms with Crippen LogP contribution in [0.15, 0.2) is 42.5 Å². The van der Waals surface area contributed by atoms with E-state index >= 15 is 0 Å². The first-order valence-corrected chi connectivity index (χ1v) is 13.4. The molecule has 0 aliphatic heterocycles. The van der Waals surface area contributed by atoms with Crippen LogP contribution in [-0.2, 0) is 26.2 Å². The third-order valence-electron chi connectivity index (χ3n) is 6.17. The lowest BCUT2D eigenvalue weighted by molar-refractivity contribution is -0.139. The van der Waals surface area contributed by atoms with Crippen LogP contribution in [0.1, 0.15) is 49.4 Å². The highest BCUT2D eigenvalue weighted by atomic mass is 32.2. The minimum absolute atomic E-state index is 0.0336. The average molecular weight is 488 g/mol. The van der Waals surface area contributed by atoms with E-state index in [0.29, 0.717) is 5.69 Å². The Bertz CT molecular complexity index is 1110. The summed E-state index contributed by atoms with van der Waals surface area (Å²) in [5, 5.41) is 2.93. The van der Waals surface area contributed by atoms with E-state index in [2.05, 4.69) is 5.32 Å². The summed E-state index contributed by atoms with van der Waals surface area (Å²) in [6.07, 6.45) is 1.85. The second-order valence-electron chi connectivity index (χ2n) is 8.99. The molecule has 2 rings (SSSR count). The van der Waals surface area contributed by atoms with E-state index < -0.39 is 28.5 Å². The molecule has 0 aromatic heterocycles.